The molecule has 6 nitrogen and oxygen atoms in total. The zero-order valence-corrected chi connectivity index (χ0v) is 15.3. The van der Waals surface area contributed by atoms with E-state index >= 15 is 0 Å². The average Bonchev–Trinajstić information content (AvgIpc) is 2.61. The monoisotopic (exact) mass is 334 g/mol. The van der Waals surface area contributed by atoms with Crippen molar-refractivity contribution in [3.8, 4) is 0 Å². The highest BCUT2D eigenvalue weighted by atomic mass is 16.5. The fourth-order valence-electron chi connectivity index (χ4n) is 3.15. The van der Waals surface area contributed by atoms with Gasteiger partial charge in [-0.1, -0.05) is 19.9 Å². The summed E-state index contributed by atoms with van der Waals surface area (Å²) in [7, 11) is 3.92. The molecule has 1 aliphatic heterocycles. The topological polar surface area (TPSA) is 57.7 Å². The number of hydrogen-bond donors (Lipinski definition) is 1. The predicted molar refractivity (Wildman–Crippen MR) is 96.1 cm³/mol. The van der Waals surface area contributed by atoms with E-state index in [4.69, 9.17) is 4.74 Å². The number of carbonyl (C=O) groups is 1. The van der Waals surface area contributed by atoms with Crippen molar-refractivity contribution in [2.24, 2.45) is 0 Å². The number of pyridine rings is 1. The molecule has 0 bridgehead atoms. The van der Waals surface area contributed by atoms with Crippen LogP contribution in [0.3, 0.4) is 0 Å². The molecule has 2 heterocycles. The van der Waals surface area contributed by atoms with Gasteiger partial charge in [-0.15, -0.1) is 0 Å². The summed E-state index contributed by atoms with van der Waals surface area (Å²) < 4.78 is 5.72. The number of nitrogens with zero attached hydrogens (tertiary/aromatic N) is 3. The highest BCUT2D eigenvalue weighted by molar-refractivity contribution is 5.81. The summed E-state index contributed by atoms with van der Waals surface area (Å²) in [5.41, 5.74) is 1.03. The molecule has 2 atom stereocenters. The van der Waals surface area contributed by atoms with Crippen LogP contribution in [0.1, 0.15) is 32.3 Å². The number of morpholine rings is 1. The summed E-state index contributed by atoms with van der Waals surface area (Å²) in [5, 5.41) is 3.09. The Hall–Kier alpha value is -1.66. The van der Waals surface area contributed by atoms with E-state index in [9.17, 15) is 4.79 Å². The van der Waals surface area contributed by atoms with Gasteiger partial charge in [0.2, 0.25) is 5.91 Å². The first-order chi connectivity index (χ1) is 11.6. The number of anilines is 1. The van der Waals surface area contributed by atoms with E-state index in [1.807, 2.05) is 31.1 Å². The molecule has 0 aliphatic carbocycles. The minimum atomic E-state index is -0.0950. The molecule has 1 aromatic heterocycles. The zero-order chi connectivity index (χ0) is 17.5. The minimum absolute atomic E-state index is 0.0859. The molecule has 1 fully saturated rings. The lowest BCUT2D eigenvalue weighted by Crippen LogP contribution is -2.53. The number of hydrogen-bond acceptors (Lipinski definition) is 5. The Kier molecular flexibility index (Phi) is 6.99. The molecule has 0 aromatic carbocycles. The molecular formula is C18H30N4O2. The minimum Gasteiger partial charge on any atom is -0.376 e. The molecule has 1 amide bonds. The van der Waals surface area contributed by atoms with Crippen molar-refractivity contribution in [2.75, 3.05) is 38.7 Å². The maximum absolute atomic E-state index is 12.7. The Balaban J connectivity index is 1.97. The standard InChI is InChI=1S/C18H30N4O2/c1-5-15-13-22(10-11-24-15)16(6-2)18(23)20-12-14-8-7-9-19-17(14)21(3)4/h7-9,15-16H,5-6,10-13H2,1-4H3,(H,20,23)/t15-,16+/m1/s1. The molecule has 24 heavy (non-hydrogen) atoms. The third-order valence-corrected chi connectivity index (χ3v) is 4.50. The van der Waals surface area contributed by atoms with E-state index in [1.165, 1.54) is 0 Å². The van der Waals surface area contributed by atoms with Crippen LogP contribution in [0.5, 0.6) is 0 Å². The van der Waals surface area contributed by atoms with Crippen LogP contribution in [0.25, 0.3) is 0 Å². The molecule has 0 spiro atoms. The Labute approximate surface area is 145 Å². The lowest BCUT2D eigenvalue weighted by molar-refractivity contribution is -0.130. The van der Waals surface area contributed by atoms with Crippen molar-refractivity contribution < 1.29 is 9.53 Å². The van der Waals surface area contributed by atoms with Crippen LogP contribution in [-0.4, -0.2) is 61.7 Å². The van der Waals surface area contributed by atoms with Crippen LogP contribution in [-0.2, 0) is 16.1 Å². The number of nitrogens with one attached hydrogen (secondary N) is 1. The molecule has 0 saturated carbocycles. The number of ether oxygens (including phenoxy) is 1. The largest absolute Gasteiger partial charge is 0.376 e. The third-order valence-electron chi connectivity index (χ3n) is 4.50. The van der Waals surface area contributed by atoms with Gasteiger partial charge in [-0.05, 0) is 18.9 Å². The van der Waals surface area contributed by atoms with Crippen LogP contribution in [0.15, 0.2) is 18.3 Å². The van der Waals surface area contributed by atoms with Gasteiger partial charge < -0.3 is 15.0 Å². The van der Waals surface area contributed by atoms with Crippen molar-refractivity contribution in [1.29, 1.82) is 0 Å². The molecule has 6 heteroatoms. The van der Waals surface area contributed by atoms with Crippen molar-refractivity contribution in [2.45, 2.75) is 45.4 Å². The Bertz CT molecular complexity index is 536. The van der Waals surface area contributed by atoms with Crippen molar-refractivity contribution in [3.05, 3.63) is 23.9 Å². The molecule has 134 valence electrons. The number of carbonyl (C=O) groups excluding carboxylic acids is 1. The second-order valence-corrected chi connectivity index (χ2v) is 6.42. The lowest BCUT2D eigenvalue weighted by atomic mass is 10.1. The van der Waals surface area contributed by atoms with Gasteiger partial charge in [0.25, 0.3) is 0 Å². The van der Waals surface area contributed by atoms with Crippen molar-refractivity contribution in [1.82, 2.24) is 15.2 Å². The normalized spacial score (nSPS) is 19.8. The van der Waals surface area contributed by atoms with Gasteiger partial charge in [0, 0.05) is 45.5 Å². The Morgan fingerprint density at radius 2 is 2.29 bits per heavy atom. The van der Waals surface area contributed by atoms with E-state index in [-0.39, 0.29) is 18.1 Å². The van der Waals surface area contributed by atoms with Gasteiger partial charge >= 0.3 is 0 Å². The van der Waals surface area contributed by atoms with Gasteiger partial charge in [-0.25, -0.2) is 4.98 Å². The summed E-state index contributed by atoms with van der Waals surface area (Å²) >= 11 is 0. The quantitative estimate of drug-likeness (QED) is 0.822. The molecular weight excluding hydrogens is 304 g/mol. The van der Waals surface area contributed by atoms with Crippen molar-refractivity contribution >= 4 is 11.7 Å². The summed E-state index contributed by atoms with van der Waals surface area (Å²) in [6.45, 7) is 7.04. The second kappa shape index (κ2) is 8.99. The number of aromatic nitrogens is 1. The maximum atomic E-state index is 12.7. The molecule has 2 rings (SSSR count). The van der Waals surface area contributed by atoms with Gasteiger partial charge in [-0.2, -0.15) is 0 Å². The highest BCUT2D eigenvalue weighted by Crippen LogP contribution is 2.16. The Morgan fingerprint density at radius 1 is 1.50 bits per heavy atom. The van der Waals surface area contributed by atoms with E-state index in [1.54, 1.807) is 6.20 Å². The van der Waals surface area contributed by atoms with E-state index < -0.39 is 0 Å². The van der Waals surface area contributed by atoms with Crippen LogP contribution < -0.4 is 10.2 Å². The van der Waals surface area contributed by atoms with E-state index in [0.29, 0.717) is 13.2 Å². The van der Waals surface area contributed by atoms with E-state index in [0.717, 1.165) is 37.3 Å². The van der Waals surface area contributed by atoms with Gasteiger partial charge in [0.05, 0.1) is 18.8 Å². The zero-order valence-electron chi connectivity index (χ0n) is 15.3. The maximum Gasteiger partial charge on any atom is 0.237 e. The summed E-state index contributed by atoms with van der Waals surface area (Å²) in [6, 6.07) is 3.81. The van der Waals surface area contributed by atoms with Crippen molar-refractivity contribution in [3.63, 3.8) is 0 Å². The highest BCUT2D eigenvalue weighted by Gasteiger charge is 2.29. The average molecular weight is 334 g/mol. The fraction of sp³-hybridized carbons (Fsp3) is 0.667. The van der Waals surface area contributed by atoms with Gasteiger partial charge in [0.1, 0.15) is 5.82 Å². The number of amides is 1. The van der Waals surface area contributed by atoms with Crippen LogP contribution in [0.4, 0.5) is 5.82 Å². The fourth-order valence-corrected chi connectivity index (χ4v) is 3.15. The third kappa shape index (κ3) is 4.68. The first-order valence-electron chi connectivity index (χ1n) is 8.81. The Morgan fingerprint density at radius 3 is 2.96 bits per heavy atom. The summed E-state index contributed by atoms with van der Waals surface area (Å²) in [4.78, 5) is 21.3. The number of rotatable bonds is 7. The van der Waals surface area contributed by atoms with Crippen LogP contribution >= 0.6 is 0 Å². The first-order valence-corrected chi connectivity index (χ1v) is 8.81. The molecule has 1 saturated heterocycles. The predicted octanol–water partition coefficient (Wildman–Crippen LogP) is 1.65. The molecule has 1 N–H and O–H groups in total. The van der Waals surface area contributed by atoms with Crippen LogP contribution in [0.2, 0.25) is 0 Å². The SMILES string of the molecule is CC[C@@H]1CN([C@@H](CC)C(=O)NCc2cccnc2N(C)C)CCO1. The van der Waals surface area contributed by atoms with Crippen LogP contribution in [0, 0.1) is 0 Å². The summed E-state index contributed by atoms with van der Waals surface area (Å²) in [6.07, 6.45) is 3.79. The molecule has 0 radical (unpaired) electrons. The lowest BCUT2D eigenvalue weighted by Gasteiger charge is -2.37. The first kappa shape index (κ1) is 18.7. The molecule has 0 unspecified atom stereocenters. The summed E-state index contributed by atoms with van der Waals surface area (Å²) in [5.74, 6) is 0.978. The smallest absolute Gasteiger partial charge is 0.237 e. The second-order valence-electron chi connectivity index (χ2n) is 6.42. The molecule has 1 aliphatic rings. The molecule has 1 aromatic rings. The van der Waals surface area contributed by atoms with Gasteiger partial charge in [0.15, 0.2) is 0 Å². The van der Waals surface area contributed by atoms with E-state index in [2.05, 4.69) is 29.0 Å². The van der Waals surface area contributed by atoms with Gasteiger partial charge in [-0.3, -0.25) is 9.69 Å².